The summed E-state index contributed by atoms with van der Waals surface area (Å²) in [7, 11) is 1.43. The van der Waals surface area contributed by atoms with E-state index in [1.807, 2.05) is 0 Å². The van der Waals surface area contributed by atoms with Crippen molar-refractivity contribution in [1.29, 1.82) is 0 Å². The van der Waals surface area contributed by atoms with Crippen LogP contribution in [0, 0.1) is 19.8 Å². The Balaban J connectivity index is 0.000000211. The summed E-state index contributed by atoms with van der Waals surface area (Å²) in [5.74, 6) is -1.50. The molecule has 3 radical (unpaired) electrons. The second-order valence-corrected chi connectivity index (χ2v) is 15.1. The molecule has 0 aliphatic carbocycles. The van der Waals surface area contributed by atoms with Crippen molar-refractivity contribution in [3.8, 4) is 0 Å². The summed E-state index contributed by atoms with van der Waals surface area (Å²) in [5, 5.41) is 19.3. The molecule has 0 spiro atoms. The van der Waals surface area contributed by atoms with Crippen LogP contribution in [0.25, 0.3) is 0 Å². The SMILES string of the molecule is [CH2][C]([CH2])/C(C(=O)OC)=C(\[O-])OC.[Pd].c1ccc(P(c2ccccc2)c2ccccc2)cc1.c1ccc(P(c2ccccc2)c2ccccc2)cc1. The van der Waals surface area contributed by atoms with Gasteiger partial charge in [-0.2, -0.15) is 0 Å². The van der Waals surface area contributed by atoms with E-state index in [0.29, 0.717) is 0 Å². The topological polar surface area (TPSA) is 58.6 Å². The van der Waals surface area contributed by atoms with Gasteiger partial charge in [-0.05, 0) is 68.6 Å². The molecule has 6 aromatic carbocycles. The minimum atomic E-state index is -0.790. The molecule has 51 heavy (non-hydrogen) atoms. The standard InChI is InChI=1S/2C18H15P.C8H11O4.Pd/c2*1-4-10-16(11-5-1)19(17-12-6-2-7-13-17)18-14-8-3-9-15-18;1-5(2)6(7(9)11-3)8(10)12-4;/h2*1-15H;9H,1-2H2,3-4H3;/p-1/b;;7-6-;. The Labute approximate surface area is 319 Å². The van der Waals surface area contributed by atoms with E-state index in [1.54, 1.807) is 0 Å². The number of rotatable bonds is 9. The molecule has 0 N–H and O–H groups in total. The van der Waals surface area contributed by atoms with Gasteiger partial charge in [0.2, 0.25) is 0 Å². The maximum Gasteiger partial charge on any atom is 0.336 e. The molecule has 6 rings (SSSR count). The van der Waals surface area contributed by atoms with Gasteiger partial charge in [0.05, 0.1) is 18.6 Å². The largest absolute Gasteiger partial charge is 0.616 e. The number of methoxy groups -OCH3 is 2. The Morgan fingerprint density at radius 2 is 0.667 bits per heavy atom. The van der Waals surface area contributed by atoms with Crippen LogP contribution in [0.2, 0.25) is 0 Å². The van der Waals surface area contributed by atoms with E-state index in [9.17, 15) is 9.90 Å². The van der Waals surface area contributed by atoms with Gasteiger partial charge in [-0.15, -0.1) is 0 Å². The van der Waals surface area contributed by atoms with Gasteiger partial charge >= 0.3 is 5.97 Å². The van der Waals surface area contributed by atoms with Gasteiger partial charge in [-0.1, -0.05) is 182 Å². The molecule has 0 unspecified atom stereocenters. The van der Waals surface area contributed by atoms with Gasteiger partial charge in [0.15, 0.2) is 0 Å². The van der Waals surface area contributed by atoms with Crippen molar-refractivity contribution in [2.75, 3.05) is 14.2 Å². The third-order valence-corrected chi connectivity index (χ3v) is 12.1. The predicted molar refractivity (Wildman–Crippen MR) is 210 cm³/mol. The second-order valence-electron chi connectivity index (χ2n) is 10.6. The Morgan fingerprint density at radius 3 is 0.824 bits per heavy atom. The summed E-state index contributed by atoms with van der Waals surface area (Å²) in [5.41, 5.74) is -0.264. The second kappa shape index (κ2) is 22.5. The number of carbonyl (C=O) groups is 1. The first-order valence-electron chi connectivity index (χ1n) is 15.9. The molecule has 4 nitrogen and oxygen atoms in total. The van der Waals surface area contributed by atoms with Crippen LogP contribution in [0.5, 0.6) is 0 Å². The number of hydrogen-bond acceptors (Lipinski definition) is 4. The minimum absolute atomic E-state index is 0. The zero-order valence-corrected chi connectivity index (χ0v) is 31.9. The zero-order chi connectivity index (χ0) is 35.6. The molecule has 0 atom stereocenters. The molecule has 6 aromatic rings. The van der Waals surface area contributed by atoms with Crippen LogP contribution >= 0.6 is 15.8 Å². The number of carbonyl (C=O) groups excluding carboxylic acids is 1. The van der Waals surface area contributed by atoms with E-state index in [4.69, 9.17) is 0 Å². The third kappa shape index (κ3) is 12.4. The van der Waals surface area contributed by atoms with E-state index >= 15 is 0 Å². The van der Waals surface area contributed by atoms with E-state index in [1.165, 1.54) is 31.8 Å². The van der Waals surface area contributed by atoms with Crippen LogP contribution in [-0.2, 0) is 34.7 Å². The van der Waals surface area contributed by atoms with Gasteiger partial charge in [-0.3, -0.25) is 0 Å². The molecule has 7 heteroatoms. The van der Waals surface area contributed by atoms with Crippen LogP contribution in [0.1, 0.15) is 0 Å². The van der Waals surface area contributed by atoms with E-state index < -0.39 is 27.8 Å². The van der Waals surface area contributed by atoms with Crippen LogP contribution in [0.4, 0.5) is 0 Å². The Hall–Kier alpha value is -4.35. The van der Waals surface area contributed by atoms with Crippen molar-refractivity contribution in [2.45, 2.75) is 0 Å². The van der Waals surface area contributed by atoms with Crippen LogP contribution in [0.15, 0.2) is 194 Å². The van der Waals surface area contributed by atoms with Gasteiger partial charge in [0.1, 0.15) is 0 Å². The van der Waals surface area contributed by atoms with Crippen molar-refractivity contribution >= 4 is 53.6 Å². The zero-order valence-electron chi connectivity index (χ0n) is 28.6. The van der Waals surface area contributed by atoms with E-state index in [2.05, 4.69) is 205 Å². The first-order valence-corrected chi connectivity index (χ1v) is 18.6. The van der Waals surface area contributed by atoms with Crippen molar-refractivity contribution in [3.05, 3.63) is 213 Å². The Bertz CT molecular complexity index is 1550. The molecule has 0 bridgehead atoms. The molecule has 0 saturated heterocycles. The van der Waals surface area contributed by atoms with Crippen molar-refractivity contribution < 1.29 is 39.8 Å². The fourth-order valence-electron chi connectivity index (χ4n) is 4.93. The number of benzene rings is 6. The maximum atomic E-state index is 10.9. The third-order valence-electron chi connectivity index (χ3n) is 7.22. The predicted octanol–water partition coefficient (Wildman–Crippen LogP) is 6.51. The molecule has 0 fully saturated rings. The molecule has 0 heterocycles. The van der Waals surface area contributed by atoms with Gasteiger partial charge in [-0.25, -0.2) is 4.79 Å². The van der Waals surface area contributed by atoms with E-state index in [0.717, 1.165) is 14.2 Å². The Kier molecular flexibility index (Phi) is 18.1. The van der Waals surface area contributed by atoms with Crippen LogP contribution in [0.3, 0.4) is 0 Å². The fourth-order valence-corrected chi connectivity index (χ4v) is 9.54. The van der Waals surface area contributed by atoms with Gasteiger partial charge in [0, 0.05) is 26.3 Å². The van der Waals surface area contributed by atoms with Crippen molar-refractivity contribution in [1.82, 2.24) is 0 Å². The van der Waals surface area contributed by atoms with Crippen LogP contribution in [-0.4, -0.2) is 20.2 Å². The Morgan fingerprint density at radius 1 is 0.451 bits per heavy atom. The van der Waals surface area contributed by atoms with Crippen molar-refractivity contribution in [2.24, 2.45) is 0 Å². The normalized spacial score (nSPS) is 10.8. The molecule has 0 amide bonds. The quantitative estimate of drug-likeness (QED) is 0.0551. The minimum Gasteiger partial charge on any atom is -0.616 e. The average molecular weight is 801 g/mol. The summed E-state index contributed by atoms with van der Waals surface area (Å²) < 4.78 is 8.64. The monoisotopic (exact) mass is 800 g/mol. The maximum absolute atomic E-state index is 10.9. The number of hydrogen-bond donors (Lipinski definition) is 0. The summed E-state index contributed by atoms with van der Waals surface area (Å²) >= 11 is 0. The number of ether oxygens (including phenoxy) is 2. The molecule has 0 aromatic heterocycles. The molecular weight excluding hydrogens is 761 g/mol. The average Bonchev–Trinajstić information content (AvgIpc) is 3.18. The first-order chi connectivity index (χ1) is 24.4. The molecular formula is C44H40O4P2Pd-. The molecule has 261 valence electrons. The van der Waals surface area contributed by atoms with E-state index in [-0.39, 0.29) is 31.9 Å². The smallest absolute Gasteiger partial charge is 0.336 e. The first kappa shape index (κ1) is 41.1. The number of esters is 1. The molecule has 0 aliphatic rings. The summed E-state index contributed by atoms with van der Waals surface area (Å²) in [6.07, 6.45) is 0. The molecule has 0 saturated carbocycles. The van der Waals surface area contributed by atoms with Crippen molar-refractivity contribution in [3.63, 3.8) is 0 Å². The van der Waals surface area contributed by atoms with Gasteiger partial charge < -0.3 is 14.6 Å². The molecule has 0 aliphatic heterocycles. The van der Waals surface area contributed by atoms with Gasteiger partial charge in [0.25, 0.3) is 0 Å². The summed E-state index contributed by atoms with van der Waals surface area (Å²) in [4.78, 5) is 10.9. The fraction of sp³-hybridized carbons (Fsp3) is 0.0455. The van der Waals surface area contributed by atoms with Crippen LogP contribution < -0.4 is 36.9 Å². The summed E-state index contributed by atoms with van der Waals surface area (Å²) in [6, 6.07) is 64.7. The summed E-state index contributed by atoms with van der Waals surface area (Å²) in [6.45, 7) is 6.69.